The molecule has 6 nitrogen and oxygen atoms in total. The van der Waals surface area contributed by atoms with Gasteiger partial charge in [-0.15, -0.1) is 0 Å². The number of nitrogens with two attached hydrogens (primary N) is 2. The van der Waals surface area contributed by atoms with E-state index >= 15 is 0 Å². The van der Waals surface area contributed by atoms with Gasteiger partial charge in [-0.1, -0.05) is 54.0 Å². The van der Waals surface area contributed by atoms with E-state index in [0.29, 0.717) is 18.4 Å². The van der Waals surface area contributed by atoms with Crippen LogP contribution in [-0.2, 0) is 9.59 Å². The van der Waals surface area contributed by atoms with Crippen LogP contribution in [0.2, 0.25) is 0 Å². The maximum atomic E-state index is 12.0. The number of unbranched alkanes of at least 4 members (excludes halogenated alkanes) is 1. The Morgan fingerprint density at radius 1 is 1.21 bits per heavy atom. The van der Waals surface area contributed by atoms with E-state index in [1.165, 1.54) is 19.0 Å². The van der Waals surface area contributed by atoms with Crippen molar-refractivity contribution in [3.05, 3.63) is 12.8 Å². The standard InChI is InChI=1S/C13H28N2O.C3H7NO.C2H5N/c1-6-8-9-11(7-2)15-13(16)12(14-5)10(3)4;1-2-3(4)5;1-2-3/h10-12,14H,6-9H2,1-5H3,(H,15,16);2H2,1H3,(H2,4,5);2H,1,3H2. The fourth-order valence-electron chi connectivity index (χ4n) is 1.89. The minimum Gasteiger partial charge on any atom is -0.405 e. The van der Waals surface area contributed by atoms with E-state index in [1.54, 1.807) is 6.92 Å². The smallest absolute Gasteiger partial charge is 0.237 e. The molecule has 0 saturated heterocycles. The number of amides is 2. The molecule has 2 atom stereocenters. The molecule has 144 valence electrons. The second-order valence-corrected chi connectivity index (χ2v) is 5.82. The van der Waals surface area contributed by atoms with Crippen LogP contribution in [0.25, 0.3) is 0 Å². The predicted molar refractivity (Wildman–Crippen MR) is 103 cm³/mol. The van der Waals surface area contributed by atoms with Gasteiger partial charge in [0.05, 0.1) is 6.04 Å². The van der Waals surface area contributed by atoms with E-state index in [0.717, 1.165) is 12.8 Å². The van der Waals surface area contributed by atoms with Gasteiger partial charge in [0.1, 0.15) is 0 Å². The summed E-state index contributed by atoms with van der Waals surface area (Å²) in [6, 6.07) is 0.262. The number of carbonyl (C=O) groups excluding carboxylic acids is 2. The Kier molecular flexibility index (Phi) is 22.2. The third kappa shape index (κ3) is 18.5. The van der Waals surface area contributed by atoms with E-state index < -0.39 is 0 Å². The Bertz CT molecular complexity index is 320. The normalized spacial score (nSPS) is 12.0. The molecule has 0 spiro atoms. The van der Waals surface area contributed by atoms with Crippen LogP contribution in [0, 0.1) is 5.92 Å². The molecule has 0 heterocycles. The molecule has 24 heavy (non-hydrogen) atoms. The molecule has 0 aliphatic heterocycles. The third-order valence-corrected chi connectivity index (χ3v) is 3.35. The summed E-state index contributed by atoms with van der Waals surface area (Å²) in [5.41, 5.74) is 9.26. The van der Waals surface area contributed by atoms with Gasteiger partial charge in [0, 0.05) is 12.5 Å². The number of carbonyl (C=O) groups is 2. The summed E-state index contributed by atoms with van der Waals surface area (Å²) in [4.78, 5) is 21.6. The van der Waals surface area contributed by atoms with Gasteiger partial charge in [0.15, 0.2) is 0 Å². The molecular formula is C18H40N4O2. The van der Waals surface area contributed by atoms with Gasteiger partial charge in [-0.2, -0.15) is 0 Å². The highest BCUT2D eigenvalue weighted by Gasteiger charge is 2.21. The van der Waals surface area contributed by atoms with Gasteiger partial charge in [-0.05, 0) is 32.0 Å². The van der Waals surface area contributed by atoms with E-state index in [2.05, 4.69) is 56.4 Å². The van der Waals surface area contributed by atoms with Crippen molar-refractivity contribution < 1.29 is 9.59 Å². The number of hydrogen-bond acceptors (Lipinski definition) is 4. The van der Waals surface area contributed by atoms with Crippen LogP contribution in [-0.4, -0.2) is 30.9 Å². The lowest BCUT2D eigenvalue weighted by atomic mass is 10.0. The van der Waals surface area contributed by atoms with Crippen LogP contribution in [0.3, 0.4) is 0 Å². The highest BCUT2D eigenvalue weighted by molar-refractivity contribution is 5.82. The molecule has 2 unspecified atom stereocenters. The third-order valence-electron chi connectivity index (χ3n) is 3.35. The lowest BCUT2D eigenvalue weighted by Gasteiger charge is -2.23. The van der Waals surface area contributed by atoms with Crippen molar-refractivity contribution in [2.75, 3.05) is 7.05 Å². The zero-order chi connectivity index (χ0) is 19.5. The van der Waals surface area contributed by atoms with Gasteiger partial charge in [-0.25, -0.2) is 0 Å². The summed E-state index contributed by atoms with van der Waals surface area (Å²) in [7, 11) is 1.84. The molecule has 0 rings (SSSR count). The molecule has 0 aliphatic carbocycles. The van der Waals surface area contributed by atoms with Crippen molar-refractivity contribution in [2.45, 2.75) is 78.8 Å². The Morgan fingerprint density at radius 3 is 1.92 bits per heavy atom. The first-order valence-electron chi connectivity index (χ1n) is 8.83. The number of likely N-dealkylation sites (N-methyl/N-ethyl adjacent to an activating group) is 1. The molecule has 0 bridgehead atoms. The van der Waals surface area contributed by atoms with E-state index in [-0.39, 0.29) is 17.9 Å². The van der Waals surface area contributed by atoms with Gasteiger partial charge in [0.25, 0.3) is 0 Å². The Hall–Kier alpha value is -1.56. The molecule has 0 aromatic rings. The highest BCUT2D eigenvalue weighted by Crippen LogP contribution is 2.06. The maximum absolute atomic E-state index is 12.0. The zero-order valence-electron chi connectivity index (χ0n) is 16.5. The quantitative estimate of drug-likeness (QED) is 0.514. The van der Waals surface area contributed by atoms with Crippen molar-refractivity contribution in [2.24, 2.45) is 17.4 Å². The fourth-order valence-corrected chi connectivity index (χ4v) is 1.89. The van der Waals surface area contributed by atoms with Crippen molar-refractivity contribution in [1.82, 2.24) is 10.6 Å². The van der Waals surface area contributed by atoms with Gasteiger partial charge < -0.3 is 22.1 Å². The topological polar surface area (TPSA) is 110 Å². The Balaban J connectivity index is -0.000000458. The lowest BCUT2D eigenvalue weighted by molar-refractivity contribution is -0.124. The number of primary amides is 1. The second kappa shape index (κ2) is 19.5. The maximum Gasteiger partial charge on any atom is 0.237 e. The summed E-state index contributed by atoms with van der Waals surface area (Å²) in [6.45, 7) is 13.3. The minimum atomic E-state index is -0.245. The average Bonchev–Trinajstić information content (AvgIpc) is 2.52. The van der Waals surface area contributed by atoms with Crippen LogP contribution in [0.15, 0.2) is 12.8 Å². The highest BCUT2D eigenvalue weighted by atomic mass is 16.2. The molecule has 6 N–H and O–H groups in total. The number of nitrogens with one attached hydrogen (secondary N) is 2. The molecule has 0 saturated carbocycles. The molecule has 0 fully saturated rings. The molecular weight excluding hydrogens is 304 g/mol. The monoisotopic (exact) mass is 344 g/mol. The first-order chi connectivity index (χ1) is 11.2. The van der Waals surface area contributed by atoms with Gasteiger partial charge >= 0.3 is 0 Å². The van der Waals surface area contributed by atoms with Crippen LogP contribution >= 0.6 is 0 Å². The van der Waals surface area contributed by atoms with E-state index in [9.17, 15) is 9.59 Å². The molecule has 2 amide bonds. The Labute approximate surface area is 148 Å². The summed E-state index contributed by atoms with van der Waals surface area (Å²) in [5.74, 6) is 0.221. The molecule has 0 aromatic heterocycles. The van der Waals surface area contributed by atoms with Crippen molar-refractivity contribution in [3.8, 4) is 0 Å². The van der Waals surface area contributed by atoms with Crippen LogP contribution in [0.4, 0.5) is 0 Å². The SMILES string of the molecule is C=CN.CCC(N)=O.CCCCC(CC)NC(=O)C(NC)C(C)C. The summed E-state index contributed by atoms with van der Waals surface area (Å²) >= 11 is 0. The second-order valence-electron chi connectivity index (χ2n) is 5.82. The predicted octanol–water partition coefficient (Wildman–Crippen LogP) is 2.29. The van der Waals surface area contributed by atoms with E-state index in [4.69, 9.17) is 0 Å². The summed E-state index contributed by atoms with van der Waals surface area (Å²) in [6.07, 6.45) is 6.17. The lowest BCUT2D eigenvalue weighted by Crippen LogP contribution is -2.49. The largest absolute Gasteiger partial charge is 0.405 e. The van der Waals surface area contributed by atoms with Crippen molar-refractivity contribution >= 4 is 11.8 Å². The number of hydrogen-bond donors (Lipinski definition) is 4. The zero-order valence-corrected chi connectivity index (χ0v) is 16.5. The first kappa shape index (κ1) is 27.3. The molecule has 0 radical (unpaired) electrons. The molecule has 0 aliphatic rings. The average molecular weight is 345 g/mol. The van der Waals surface area contributed by atoms with Crippen LogP contribution in [0.5, 0.6) is 0 Å². The van der Waals surface area contributed by atoms with Crippen molar-refractivity contribution in [1.29, 1.82) is 0 Å². The number of rotatable bonds is 9. The van der Waals surface area contributed by atoms with Crippen molar-refractivity contribution in [3.63, 3.8) is 0 Å². The Morgan fingerprint density at radius 2 is 1.67 bits per heavy atom. The van der Waals surface area contributed by atoms with Gasteiger partial charge in [-0.3, -0.25) is 9.59 Å². The molecule has 6 heteroatoms. The van der Waals surface area contributed by atoms with Crippen LogP contribution < -0.4 is 22.1 Å². The summed E-state index contributed by atoms with van der Waals surface area (Å²) < 4.78 is 0. The molecule has 0 aromatic carbocycles. The van der Waals surface area contributed by atoms with E-state index in [1.807, 2.05) is 7.05 Å². The van der Waals surface area contributed by atoms with Crippen LogP contribution in [0.1, 0.15) is 66.7 Å². The van der Waals surface area contributed by atoms with Gasteiger partial charge in [0.2, 0.25) is 11.8 Å². The minimum absolute atomic E-state index is 0.0734. The first-order valence-corrected chi connectivity index (χ1v) is 8.83. The fraction of sp³-hybridized carbons (Fsp3) is 0.778. The summed E-state index contributed by atoms with van der Waals surface area (Å²) in [5, 5.41) is 6.21.